The molecule has 6 aromatic carbocycles. The highest BCUT2D eigenvalue weighted by Gasteiger charge is 2.26. The van der Waals surface area contributed by atoms with Gasteiger partial charge >= 0.3 is 0 Å². The summed E-state index contributed by atoms with van der Waals surface area (Å²) in [5.41, 5.74) is 9.05. The average Bonchev–Trinajstić information content (AvgIpc) is 3.67. The molecule has 0 aliphatic heterocycles. The van der Waals surface area contributed by atoms with Gasteiger partial charge in [-0.15, -0.1) is 11.3 Å². The predicted molar refractivity (Wildman–Crippen MR) is 171 cm³/mol. The van der Waals surface area contributed by atoms with Crippen molar-refractivity contribution in [1.82, 2.24) is 9.55 Å². The summed E-state index contributed by atoms with van der Waals surface area (Å²) in [6.07, 6.45) is 3.98. The number of para-hydroxylation sites is 1. The Hall–Kier alpha value is -4.99. The summed E-state index contributed by atoms with van der Waals surface area (Å²) < 4.78 is 5.15. The minimum Gasteiger partial charge on any atom is -0.308 e. The number of pyridine rings is 1. The summed E-state index contributed by atoms with van der Waals surface area (Å²) in [5.74, 6) is 0. The zero-order valence-corrected chi connectivity index (χ0v) is 22.2. The number of hydrogen-bond donors (Lipinski definition) is 0. The Morgan fingerprint density at radius 2 is 1.23 bits per heavy atom. The van der Waals surface area contributed by atoms with Gasteiger partial charge in [-0.05, 0) is 57.3 Å². The molecule has 9 aromatic rings. The molecule has 0 amide bonds. The summed E-state index contributed by atoms with van der Waals surface area (Å²) in [6, 6.07) is 40.2. The lowest BCUT2D eigenvalue weighted by atomic mass is 10.00. The highest BCUT2D eigenvalue weighted by molar-refractivity contribution is 7.27. The van der Waals surface area contributed by atoms with Crippen molar-refractivity contribution < 1.29 is 0 Å². The molecular weight excluding hydrogens is 504 g/mol. The van der Waals surface area contributed by atoms with E-state index in [0.717, 1.165) is 0 Å². The van der Waals surface area contributed by atoms with Crippen molar-refractivity contribution in [2.45, 2.75) is 0 Å². The molecular formula is C37H20N2S. The summed E-state index contributed by atoms with van der Waals surface area (Å²) in [4.78, 5) is 4.57. The van der Waals surface area contributed by atoms with E-state index in [0.29, 0.717) is 0 Å². The van der Waals surface area contributed by atoms with Gasteiger partial charge in [-0.25, -0.2) is 0 Å². The highest BCUT2D eigenvalue weighted by atomic mass is 32.1. The van der Waals surface area contributed by atoms with Crippen LogP contribution in [0.25, 0.3) is 91.5 Å². The Kier molecular flexibility index (Phi) is 3.84. The van der Waals surface area contributed by atoms with Crippen molar-refractivity contribution in [3.8, 4) is 27.9 Å². The smallest absolute Gasteiger partial charge is 0.0640 e. The Labute approximate surface area is 233 Å². The monoisotopic (exact) mass is 524 g/mol. The summed E-state index contributed by atoms with van der Waals surface area (Å²) >= 11 is 1.88. The molecule has 0 fully saturated rings. The zero-order chi connectivity index (χ0) is 25.9. The molecule has 184 valence electrons. The number of benzene rings is 6. The van der Waals surface area contributed by atoms with E-state index in [1.165, 1.54) is 91.5 Å². The van der Waals surface area contributed by atoms with Gasteiger partial charge in [0.05, 0.1) is 16.7 Å². The van der Waals surface area contributed by atoms with E-state index in [-0.39, 0.29) is 0 Å². The molecule has 0 spiro atoms. The fourth-order valence-electron chi connectivity index (χ4n) is 7.25. The molecule has 10 rings (SSSR count). The van der Waals surface area contributed by atoms with Gasteiger partial charge in [0.1, 0.15) is 0 Å². The van der Waals surface area contributed by atoms with Crippen molar-refractivity contribution in [1.29, 1.82) is 0 Å². The van der Waals surface area contributed by atoms with E-state index in [1.54, 1.807) is 0 Å². The van der Waals surface area contributed by atoms with Crippen molar-refractivity contribution in [3.63, 3.8) is 0 Å². The van der Waals surface area contributed by atoms with Crippen LogP contribution in [-0.2, 0) is 0 Å². The van der Waals surface area contributed by atoms with Gasteiger partial charge in [-0.2, -0.15) is 0 Å². The molecule has 1 aliphatic rings. The average molecular weight is 525 g/mol. The van der Waals surface area contributed by atoms with Crippen molar-refractivity contribution >= 4 is 74.9 Å². The molecule has 1 aliphatic carbocycles. The maximum Gasteiger partial charge on any atom is 0.0640 e. The van der Waals surface area contributed by atoms with E-state index in [2.05, 4.69) is 125 Å². The summed E-state index contributed by atoms with van der Waals surface area (Å²) in [5, 5.41) is 10.3. The number of aromatic nitrogens is 2. The number of hydrogen-bond acceptors (Lipinski definition) is 2. The van der Waals surface area contributed by atoms with Crippen LogP contribution in [-0.4, -0.2) is 9.55 Å². The second-order valence-electron chi connectivity index (χ2n) is 10.7. The third kappa shape index (κ3) is 2.43. The molecule has 2 nitrogen and oxygen atoms in total. The Balaban J connectivity index is 1.49. The molecule has 3 heteroatoms. The van der Waals surface area contributed by atoms with E-state index in [4.69, 9.17) is 0 Å². The van der Waals surface area contributed by atoms with Gasteiger partial charge in [0.25, 0.3) is 0 Å². The van der Waals surface area contributed by atoms with Crippen LogP contribution < -0.4 is 0 Å². The maximum atomic E-state index is 4.57. The van der Waals surface area contributed by atoms with Crippen molar-refractivity contribution in [3.05, 3.63) is 122 Å². The lowest BCUT2D eigenvalue weighted by molar-refractivity contribution is 1.21. The highest BCUT2D eigenvalue weighted by Crippen LogP contribution is 2.51. The lowest BCUT2D eigenvalue weighted by Crippen LogP contribution is -1.96. The summed E-state index contributed by atoms with van der Waals surface area (Å²) in [7, 11) is 0. The Bertz CT molecular complexity index is 2520. The van der Waals surface area contributed by atoms with Gasteiger partial charge < -0.3 is 4.57 Å². The first-order valence-corrected chi connectivity index (χ1v) is 14.5. The molecule has 0 saturated carbocycles. The lowest BCUT2D eigenvalue weighted by Gasteiger charge is -2.14. The van der Waals surface area contributed by atoms with Crippen LogP contribution in [0, 0.1) is 0 Å². The quantitative estimate of drug-likeness (QED) is 0.209. The van der Waals surface area contributed by atoms with Crippen LogP contribution in [0.2, 0.25) is 0 Å². The Morgan fingerprint density at radius 3 is 2.12 bits per heavy atom. The molecule has 0 atom stereocenters. The molecule has 0 unspecified atom stereocenters. The molecule has 0 saturated heterocycles. The van der Waals surface area contributed by atoms with Crippen LogP contribution in [0.4, 0.5) is 0 Å². The van der Waals surface area contributed by atoms with Gasteiger partial charge in [0.2, 0.25) is 0 Å². The minimum absolute atomic E-state index is 1.23. The molecule has 3 heterocycles. The standard InChI is InChI=1S/C37H20N2S/c1-2-9-22-21(8-1)23-12-7-13-26-31(17-16-24(22)33(23)26)39-30-14-5-3-10-27(30)34-25-18-19-38-20-29(25)37-35(36(34)39)28-11-4-6-15-32(28)40-37/h1-20H. The Morgan fingerprint density at radius 1 is 0.500 bits per heavy atom. The van der Waals surface area contributed by atoms with Gasteiger partial charge in [-0.1, -0.05) is 84.9 Å². The summed E-state index contributed by atoms with van der Waals surface area (Å²) in [6.45, 7) is 0. The van der Waals surface area contributed by atoms with Crippen LogP contribution >= 0.6 is 11.3 Å². The van der Waals surface area contributed by atoms with Crippen molar-refractivity contribution in [2.75, 3.05) is 0 Å². The first-order chi connectivity index (χ1) is 19.9. The topological polar surface area (TPSA) is 17.8 Å². The van der Waals surface area contributed by atoms with Gasteiger partial charge in [0.15, 0.2) is 0 Å². The normalized spacial score (nSPS) is 12.5. The maximum absolute atomic E-state index is 4.57. The molecule has 0 N–H and O–H groups in total. The predicted octanol–water partition coefficient (Wildman–Crippen LogP) is 10.5. The third-order valence-electron chi connectivity index (χ3n) is 8.81. The number of rotatable bonds is 1. The van der Waals surface area contributed by atoms with Gasteiger partial charge in [-0.3, -0.25) is 4.98 Å². The third-order valence-corrected chi connectivity index (χ3v) is 10.0. The second-order valence-corrected chi connectivity index (χ2v) is 11.8. The van der Waals surface area contributed by atoms with Crippen LogP contribution in [0.15, 0.2) is 122 Å². The first-order valence-electron chi connectivity index (χ1n) is 13.6. The number of fused-ring (bicyclic) bond motifs is 13. The largest absolute Gasteiger partial charge is 0.308 e. The molecule has 0 bridgehead atoms. The first kappa shape index (κ1) is 20.9. The van der Waals surface area contributed by atoms with E-state index >= 15 is 0 Å². The fraction of sp³-hybridized carbons (Fsp3) is 0. The van der Waals surface area contributed by atoms with Crippen molar-refractivity contribution in [2.24, 2.45) is 0 Å². The van der Waals surface area contributed by atoms with Crippen LogP contribution in [0.3, 0.4) is 0 Å². The number of thiophene rings is 1. The minimum atomic E-state index is 1.23. The van der Waals surface area contributed by atoms with Gasteiger partial charge in [0, 0.05) is 54.1 Å². The molecule has 3 aromatic heterocycles. The number of nitrogens with zero attached hydrogens (tertiary/aromatic N) is 2. The SMILES string of the molecule is c1ccc2c(c1)-c1cccc3c(-n4c5ccccc5c5c6ccncc6c6sc7ccccc7c6c54)ccc-2c13. The van der Waals surface area contributed by atoms with Crippen LogP contribution in [0.1, 0.15) is 0 Å². The second kappa shape index (κ2) is 7.35. The van der Waals surface area contributed by atoms with E-state index in [1.807, 2.05) is 17.5 Å². The molecule has 0 radical (unpaired) electrons. The molecule has 40 heavy (non-hydrogen) atoms. The zero-order valence-electron chi connectivity index (χ0n) is 21.3. The van der Waals surface area contributed by atoms with E-state index in [9.17, 15) is 0 Å². The van der Waals surface area contributed by atoms with E-state index < -0.39 is 0 Å². The fourth-order valence-corrected chi connectivity index (χ4v) is 8.48. The van der Waals surface area contributed by atoms with Crippen LogP contribution in [0.5, 0.6) is 0 Å².